The highest BCUT2D eigenvalue weighted by molar-refractivity contribution is 7.99. The van der Waals surface area contributed by atoms with Gasteiger partial charge in [0.05, 0.1) is 5.75 Å². The molecule has 134 valence electrons. The molecule has 1 N–H and O–H groups in total. The zero-order valence-corrected chi connectivity index (χ0v) is 15.1. The molecule has 1 aromatic carbocycles. The fourth-order valence-corrected chi connectivity index (χ4v) is 3.26. The first-order chi connectivity index (χ1) is 13.3. The first-order valence-electron chi connectivity index (χ1n) is 8.29. The number of anilines is 1. The number of hydrogen-bond acceptors (Lipinski definition) is 5. The van der Waals surface area contributed by atoms with Gasteiger partial charge in [-0.25, -0.2) is 4.68 Å². The number of carbonyl (C=O) groups excluding carboxylic acids is 1. The molecular weight excluding hydrogens is 360 g/mol. The largest absolute Gasteiger partial charge is 0.325 e. The number of thioether (sulfide) groups is 1. The average molecular weight is 376 g/mol. The van der Waals surface area contributed by atoms with Crippen LogP contribution >= 0.6 is 11.8 Å². The average Bonchev–Trinajstić information content (AvgIpc) is 3.37. The van der Waals surface area contributed by atoms with Crippen LogP contribution in [0.4, 0.5) is 5.69 Å². The first-order valence-corrected chi connectivity index (χ1v) is 9.28. The van der Waals surface area contributed by atoms with Gasteiger partial charge in [-0.3, -0.25) is 14.5 Å². The molecule has 7 nitrogen and oxygen atoms in total. The summed E-state index contributed by atoms with van der Waals surface area (Å²) in [6.07, 6.45) is 5.50. The molecule has 1 amide bonds. The van der Waals surface area contributed by atoms with Crippen LogP contribution in [0.25, 0.3) is 11.5 Å². The monoisotopic (exact) mass is 376 g/mol. The number of benzene rings is 1. The molecule has 0 bridgehead atoms. The fraction of sp³-hybridized carbons (Fsp3) is 0.0526. The number of carbonyl (C=O) groups is 1. The maximum Gasteiger partial charge on any atom is 0.234 e. The fourth-order valence-electron chi connectivity index (χ4n) is 2.53. The van der Waals surface area contributed by atoms with Crippen molar-refractivity contribution in [3.05, 3.63) is 79.3 Å². The van der Waals surface area contributed by atoms with E-state index in [0.29, 0.717) is 16.7 Å². The highest BCUT2D eigenvalue weighted by Gasteiger charge is 2.17. The summed E-state index contributed by atoms with van der Waals surface area (Å²) in [7, 11) is 0. The number of rotatable bonds is 6. The van der Waals surface area contributed by atoms with E-state index in [9.17, 15) is 4.79 Å². The SMILES string of the molecule is O=C(CSc1nnc(-c2ccccn2)n1-n1cccc1)Nc1ccccc1. The van der Waals surface area contributed by atoms with Gasteiger partial charge in [0.25, 0.3) is 0 Å². The summed E-state index contributed by atoms with van der Waals surface area (Å²) < 4.78 is 3.70. The molecule has 3 aromatic heterocycles. The van der Waals surface area contributed by atoms with Crippen LogP contribution in [0, 0.1) is 0 Å². The normalized spacial score (nSPS) is 10.7. The van der Waals surface area contributed by atoms with Gasteiger partial charge < -0.3 is 5.32 Å². The third-order valence-corrected chi connectivity index (χ3v) is 4.63. The van der Waals surface area contributed by atoms with Gasteiger partial charge in [0.15, 0.2) is 0 Å². The Labute approximate surface area is 160 Å². The van der Waals surface area contributed by atoms with E-state index in [1.165, 1.54) is 11.8 Å². The van der Waals surface area contributed by atoms with Crippen LogP contribution in [0.2, 0.25) is 0 Å². The Bertz CT molecular complexity index is 1020. The van der Waals surface area contributed by atoms with Gasteiger partial charge in [0, 0.05) is 24.3 Å². The van der Waals surface area contributed by atoms with Crippen molar-refractivity contribution in [1.82, 2.24) is 24.5 Å². The maximum atomic E-state index is 12.3. The molecule has 0 fully saturated rings. The second kappa shape index (κ2) is 7.88. The van der Waals surface area contributed by atoms with Crippen LogP contribution in [-0.2, 0) is 4.79 Å². The lowest BCUT2D eigenvalue weighted by molar-refractivity contribution is -0.113. The van der Waals surface area contributed by atoms with Crippen molar-refractivity contribution < 1.29 is 4.79 Å². The number of aromatic nitrogens is 5. The lowest BCUT2D eigenvalue weighted by Crippen LogP contribution is -2.15. The molecule has 0 radical (unpaired) electrons. The van der Waals surface area contributed by atoms with Gasteiger partial charge in [-0.2, -0.15) is 0 Å². The molecule has 8 heteroatoms. The van der Waals surface area contributed by atoms with Crippen LogP contribution in [0.3, 0.4) is 0 Å². The molecular formula is C19H16N6OS. The Morgan fingerprint density at radius 1 is 0.963 bits per heavy atom. The van der Waals surface area contributed by atoms with E-state index in [1.807, 2.05) is 82.4 Å². The number of pyridine rings is 1. The molecule has 0 aliphatic heterocycles. The molecule has 4 aromatic rings. The zero-order valence-electron chi connectivity index (χ0n) is 14.3. The number of amides is 1. The van der Waals surface area contributed by atoms with E-state index >= 15 is 0 Å². The molecule has 0 aliphatic carbocycles. The van der Waals surface area contributed by atoms with Crippen molar-refractivity contribution in [2.45, 2.75) is 5.16 Å². The minimum atomic E-state index is -0.104. The van der Waals surface area contributed by atoms with E-state index in [4.69, 9.17) is 0 Å². The van der Waals surface area contributed by atoms with Crippen molar-refractivity contribution in [3.63, 3.8) is 0 Å². The second-order valence-corrected chi connectivity index (χ2v) is 6.54. The van der Waals surface area contributed by atoms with E-state index < -0.39 is 0 Å². The predicted octanol–water partition coefficient (Wildman–Crippen LogP) is 3.18. The van der Waals surface area contributed by atoms with Gasteiger partial charge in [0.2, 0.25) is 16.9 Å². The highest BCUT2D eigenvalue weighted by atomic mass is 32.2. The minimum Gasteiger partial charge on any atom is -0.325 e. The minimum absolute atomic E-state index is 0.104. The van der Waals surface area contributed by atoms with Crippen LogP contribution in [-0.4, -0.2) is 36.2 Å². The van der Waals surface area contributed by atoms with Gasteiger partial charge in [-0.1, -0.05) is 36.0 Å². The summed E-state index contributed by atoms with van der Waals surface area (Å²) in [5.74, 6) is 0.724. The van der Waals surface area contributed by atoms with Crippen LogP contribution in [0.15, 0.2) is 84.4 Å². The van der Waals surface area contributed by atoms with Crippen molar-refractivity contribution in [3.8, 4) is 11.5 Å². The quantitative estimate of drug-likeness (QED) is 0.523. The number of para-hydroxylation sites is 1. The summed E-state index contributed by atoms with van der Waals surface area (Å²) in [6, 6.07) is 18.8. The van der Waals surface area contributed by atoms with E-state index in [1.54, 1.807) is 6.20 Å². The van der Waals surface area contributed by atoms with Gasteiger partial charge in [0.1, 0.15) is 5.69 Å². The molecule has 3 heterocycles. The number of hydrogen-bond donors (Lipinski definition) is 1. The van der Waals surface area contributed by atoms with Crippen molar-refractivity contribution >= 4 is 23.4 Å². The molecule has 0 aliphatic rings. The lowest BCUT2D eigenvalue weighted by Gasteiger charge is -2.10. The van der Waals surface area contributed by atoms with Crippen molar-refractivity contribution in [1.29, 1.82) is 0 Å². The van der Waals surface area contributed by atoms with Gasteiger partial charge >= 0.3 is 0 Å². The van der Waals surface area contributed by atoms with Gasteiger partial charge in [-0.15, -0.1) is 10.2 Å². The predicted molar refractivity (Wildman–Crippen MR) is 104 cm³/mol. The van der Waals surface area contributed by atoms with E-state index in [0.717, 1.165) is 5.69 Å². The molecule has 0 saturated carbocycles. The van der Waals surface area contributed by atoms with E-state index in [-0.39, 0.29) is 11.7 Å². The first kappa shape index (κ1) is 17.0. The number of nitrogens with one attached hydrogen (secondary N) is 1. The summed E-state index contributed by atoms with van der Waals surface area (Å²) in [5, 5.41) is 12.0. The third-order valence-electron chi connectivity index (χ3n) is 3.72. The topological polar surface area (TPSA) is 77.6 Å². The van der Waals surface area contributed by atoms with Crippen LogP contribution in [0.5, 0.6) is 0 Å². The molecule has 4 rings (SSSR count). The Balaban J connectivity index is 1.56. The molecule has 0 unspecified atom stereocenters. The van der Waals surface area contributed by atoms with Crippen LogP contribution in [0.1, 0.15) is 0 Å². The maximum absolute atomic E-state index is 12.3. The highest BCUT2D eigenvalue weighted by Crippen LogP contribution is 2.23. The Morgan fingerprint density at radius 2 is 1.74 bits per heavy atom. The lowest BCUT2D eigenvalue weighted by atomic mass is 10.3. The molecule has 0 saturated heterocycles. The Hall–Kier alpha value is -3.39. The standard InChI is InChI=1S/C19H16N6OS/c26-17(21-15-8-2-1-3-9-15)14-27-19-23-22-18(16-10-4-5-11-20-16)25(19)24-12-6-7-13-24/h1-13H,14H2,(H,21,26). The molecule has 0 atom stereocenters. The molecule has 27 heavy (non-hydrogen) atoms. The smallest absolute Gasteiger partial charge is 0.234 e. The van der Waals surface area contributed by atoms with Crippen molar-refractivity contribution in [2.24, 2.45) is 0 Å². The summed E-state index contributed by atoms with van der Waals surface area (Å²) in [6.45, 7) is 0. The van der Waals surface area contributed by atoms with Gasteiger partial charge in [-0.05, 0) is 36.4 Å². The summed E-state index contributed by atoms with van der Waals surface area (Å²) in [4.78, 5) is 16.6. The summed E-state index contributed by atoms with van der Waals surface area (Å²) in [5.41, 5.74) is 1.48. The molecule has 0 spiro atoms. The second-order valence-electron chi connectivity index (χ2n) is 5.60. The van der Waals surface area contributed by atoms with Crippen LogP contribution < -0.4 is 5.32 Å². The van der Waals surface area contributed by atoms with E-state index in [2.05, 4.69) is 20.5 Å². The third kappa shape index (κ3) is 3.90. The Morgan fingerprint density at radius 3 is 2.48 bits per heavy atom. The Kier molecular flexibility index (Phi) is 4.97. The van der Waals surface area contributed by atoms with Crippen molar-refractivity contribution in [2.75, 3.05) is 11.1 Å². The number of nitrogens with zero attached hydrogens (tertiary/aromatic N) is 5. The summed E-state index contributed by atoms with van der Waals surface area (Å²) >= 11 is 1.32. The zero-order chi connectivity index (χ0) is 18.5.